The first-order valence-corrected chi connectivity index (χ1v) is 10.7. The average Bonchev–Trinajstić information content (AvgIpc) is 2.78. The molecule has 5 atom stereocenters. The van der Waals surface area contributed by atoms with E-state index in [2.05, 4.69) is 54.0 Å². The van der Waals surface area contributed by atoms with Gasteiger partial charge in [0.2, 0.25) is 0 Å². The summed E-state index contributed by atoms with van der Waals surface area (Å²) in [6.45, 7) is 7.32. The van der Waals surface area contributed by atoms with Gasteiger partial charge in [0.1, 0.15) is 18.7 Å². The highest BCUT2D eigenvalue weighted by molar-refractivity contribution is 5.82. The number of piperidine rings is 3. The van der Waals surface area contributed by atoms with Crippen LogP contribution < -0.4 is 12.4 Å². The lowest BCUT2D eigenvalue weighted by atomic mass is 9.71. The van der Waals surface area contributed by atoms with Crippen molar-refractivity contribution >= 4 is 10.9 Å². The summed E-state index contributed by atoms with van der Waals surface area (Å²) < 4.78 is 0.953. The van der Waals surface area contributed by atoms with Crippen LogP contribution in [0, 0.1) is 11.8 Å². The zero-order valence-electron chi connectivity index (χ0n) is 17.2. The van der Waals surface area contributed by atoms with Gasteiger partial charge in [0.25, 0.3) is 0 Å². The number of hydrogen-bond acceptors (Lipinski definition) is 2. The molecule has 4 heterocycles. The molecular formula is C26H29ClN2O. The van der Waals surface area contributed by atoms with Crippen molar-refractivity contribution in [3.63, 3.8) is 0 Å². The van der Waals surface area contributed by atoms with Crippen LogP contribution in [0.4, 0.5) is 0 Å². The van der Waals surface area contributed by atoms with Crippen molar-refractivity contribution in [2.24, 2.45) is 11.8 Å². The zero-order valence-corrected chi connectivity index (χ0v) is 18.0. The van der Waals surface area contributed by atoms with E-state index in [4.69, 9.17) is 0 Å². The molecule has 3 nitrogen and oxygen atoms in total. The molecule has 0 radical (unpaired) electrons. The first-order valence-electron chi connectivity index (χ1n) is 10.7. The zero-order chi connectivity index (χ0) is 19.8. The van der Waals surface area contributed by atoms with Gasteiger partial charge < -0.3 is 22.0 Å². The number of nitrogens with zero attached hydrogens (tertiary/aromatic N) is 2. The van der Waals surface area contributed by atoms with Gasteiger partial charge in [-0.05, 0) is 23.6 Å². The number of para-hydroxylation sites is 1. The van der Waals surface area contributed by atoms with Crippen LogP contribution >= 0.6 is 0 Å². The molecule has 2 aromatic carbocycles. The maximum atomic E-state index is 11.7. The van der Waals surface area contributed by atoms with E-state index in [9.17, 15) is 5.11 Å². The maximum absolute atomic E-state index is 11.7. The van der Waals surface area contributed by atoms with E-state index in [1.165, 1.54) is 12.0 Å². The quantitative estimate of drug-likeness (QED) is 0.505. The fraction of sp³-hybridized carbons (Fsp3) is 0.346. The molecule has 156 valence electrons. The van der Waals surface area contributed by atoms with E-state index in [1.54, 1.807) is 0 Å². The Kier molecular flexibility index (Phi) is 5.97. The van der Waals surface area contributed by atoms with Gasteiger partial charge in [-0.3, -0.25) is 4.98 Å². The molecule has 3 aromatic rings. The number of hydrogen-bond donors (Lipinski definition) is 1. The lowest BCUT2D eigenvalue weighted by Gasteiger charge is -2.58. The smallest absolute Gasteiger partial charge is 0.131 e. The second-order valence-electron chi connectivity index (χ2n) is 8.88. The predicted octanol–water partition coefficient (Wildman–Crippen LogP) is 1.88. The second-order valence-corrected chi connectivity index (χ2v) is 8.88. The van der Waals surface area contributed by atoms with Crippen LogP contribution in [-0.4, -0.2) is 33.7 Å². The molecular weight excluding hydrogens is 392 g/mol. The third-order valence-electron chi connectivity index (χ3n) is 7.38. The molecule has 1 aromatic heterocycles. The van der Waals surface area contributed by atoms with Gasteiger partial charge in [-0.15, -0.1) is 6.58 Å². The number of aliphatic hydroxyl groups is 1. The number of quaternary nitrogens is 1. The minimum atomic E-state index is -0.486. The van der Waals surface area contributed by atoms with Crippen LogP contribution in [-0.2, 0) is 6.54 Å². The van der Waals surface area contributed by atoms with Crippen molar-refractivity contribution in [1.29, 1.82) is 0 Å². The van der Waals surface area contributed by atoms with Gasteiger partial charge in [-0.25, -0.2) is 0 Å². The highest BCUT2D eigenvalue weighted by Gasteiger charge is 2.53. The lowest BCUT2D eigenvalue weighted by Crippen LogP contribution is -3.00. The Hall–Kier alpha value is -2.20. The molecule has 1 N–H and O–H groups in total. The van der Waals surface area contributed by atoms with Crippen LogP contribution in [0.15, 0.2) is 79.5 Å². The van der Waals surface area contributed by atoms with Gasteiger partial charge in [0.05, 0.1) is 18.6 Å². The van der Waals surface area contributed by atoms with E-state index >= 15 is 0 Å². The Labute approximate surface area is 185 Å². The standard InChI is InChI=1S/C26H29N2O.ClH/c1-2-20-18-28(17-19-8-4-3-5-9-19)15-13-21(20)16-25(28)26(29)23-12-14-27-24-11-7-6-10-22(23)24;/h2-12,14,20-21,25-26,29H,1,13,15-18H2;1H/q+1;/p-1/t20-,21-,25-,26+,28?;/m1./s1. The first-order chi connectivity index (χ1) is 14.2. The fourth-order valence-corrected chi connectivity index (χ4v) is 5.91. The van der Waals surface area contributed by atoms with Crippen LogP contribution in [0.2, 0.25) is 0 Å². The molecule has 3 fully saturated rings. The number of halogens is 1. The Morgan fingerprint density at radius 2 is 1.87 bits per heavy atom. The summed E-state index contributed by atoms with van der Waals surface area (Å²) >= 11 is 0. The molecule has 3 aliphatic heterocycles. The molecule has 0 saturated carbocycles. The van der Waals surface area contributed by atoms with Gasteiger partial charge in [0, 0.05) is 35.9 Å². The number of fused-ring (bicyclic) bond motifs is 4. The average molecular weight is 421 g/mol. The molecule has 6 rings (SSSR count). The van der Waals surface area contributed by atoms with E-state index in [1.807, 2.05) is 30.5 Å². The second kappa shape index (κ2) is 8.50. The number of aliphatic hydroxyl groups excluding tert-OH is 1. The van der Waals surface area contributed by atoms with Crippen LogP contribution in [0.3, 0.4) is 0 Å². The third-order valence-corrected chi connectivity index (χ3v) is 7.38. The summed E-state index contributed by atoms with van der Waals surface area (Å²) in [5.74, 6) is 1.18. The van der Waals surface area contributed by atoms with Gasteiger partial charge in [0.15, 0.2) is 0 Å². The number of benzene rings is 2. The molecule has 3 aliphatic rings. The summed E-state index contributed by atoms with van der Waals surface area (Å²) in [5, 5.41) is 12.8. The van der Waals surface area contributed by atoms with E-state index in [-0.39, 0.29) is 18.4 Å². The van der Waals surface area contributed by atoms with Gasteiger partial charge in [-0.1, -0.05) is 54.6 Å². The number of pyridine rings is 1. The molecule has 4 heteroatoms. The fourth-order valence-electron chi connectivity index (χ4n) is 5.91. The van der Waals surface area contributed by atoms with Gasteiger partial charge in [-0.2, -0.15) is 0 Å². The predicted molar refractivity (Wildman–Crippen MR) is 117 cm³/mol. The normalized spacial score (nSPS) is 28.6. The van der Waals surface area contributed by atoms with Crippen LogP contribution in [0.5, 0.6) is 0 Å². The summed E-state index contributed by atoms with van der Waals surface area (Å²) in [6, 6.07) is 21.2. The Morgan fingerprint density at radius 1 is 1.10 bits per heavy atom. The summed E-state index contributed by atoms with van der Waals surface area (Å²) in [4.78, 5) is 4.50. The van der Waals surface area contributed by atoms with Crippen molar-refractivity contribution in [3.8, 4) is 0 Å². The molecule has 0 spiro atoms. The minimum Gasteiger partial charge on any atom is -1.00 e. The Morgan fingerprint density at radius 3 is 2.67 bits per heavy atom. The summed E-state index contributed by atoms with van der Waals surface area (Å²) in [7, 11) is 0. The SMILES string of the molecule is C=C[C@@H]1C[N+]2(Cc3ccccc3)CC[C@@H]1C[C@@H]2[C@@H](O)c1ccnc2ccccc12.[Cl-]. The summed E-state index contributed by atoms with van der Waals surface area (Å²) in [6.07, 6.45) is 5.79. The molecule has 2 bridgehead atoms. The van der Waals surface area contributed by atoms with Crippen molar-refractivity contribution in [3.05, 3.63) is 90.6 Å². The number of rotatable bonds is 5. The third kappa shape index (κ3) is 3.56. The topological polar surface area (TPSA) is 33.1 Å². The molecule has 3 saturated heterocycles. The lowest BCUT2D eigenvalue weighted by molar-refractivity contribution is -0.984. The van der Waals surface area contributed by atoms with Crippen molar-refractivity contribution in [2.75, 3.05) is 13.1 Å². The maximum Gasteiger partial charge on any atom is 0.131 e. The number of aromatic nitrogens is 1. The van der Waals surface area contributed by atoms with Crippen molar-refractivity contribution in [1.82, 2.24) is 4.98 Å². The molecule has 30 heavy (non-hydrogen) atoms. The minimum absolute atomic E-state index is 0. The van der Waals surface area contributed by atoms with Crippen LogP contribution in [0.1, 0.15) is 30.1 Å². The largest absolute Gasteiger partial charge is 1.00 e. The van der Waals surface area contributed by atoms with Crippen molar-refractivity contribution < 1.29 is 22.0 Å². The van der Waals surface area contributed by atoms with Gasteiger partial charge >= 0.3 is 0 Å². The Balaban J connectivity index is 0.00000218. The van der Waals surface area contributed by atoms with E-state index in [0.29, 0.717) is 11.8 Å². The Bertz CT molecular complexity index is 1020. The summed E-state index contributed by atoms with van der Waals surface area (Å²) in [5.41, 5.74) is 3.33. The van der Waals surface area contributed by atoms with E-state index < -0.39 is 6.10 Å². The first kappa shape index (κ1) is 21.0. The highest BCUT2D eigenvalue weighted by Crippen LogP contribution is 2.47. The van der Waals surface area contributed by atoms with Crippen molar-refractivity contribution in [2.45, 2.75) is 31.5 Å². The molecule has 0 aliphatic carbocycles. The molecule has 0 amide bonds. The van der Waals surface area contributed by atoms with E-state index in [0.717, 1.165) is 47.0 Å². The van der Waals surface area contributed by atoms with Crippen LogP contribution in [0.25, 0.3) is 10.9 Å². The monoisotopic (exact) mass is 420 g/mol. The molecule has 1 unspecified atom stereocenters. The highest BCUT2D eigenvalue weighted by atomic mass is 35.5.